The van der Waals surface area contributed by atoms with Crippen LogP contribution in [0.15, 0.2) is 36.4 Å². The van der Waals surface area contributed by atoms with Crippen molar-refractivity contribution < 1.29 is 9.53 Å². The van der Waals surface area contributed by atoms with E-state index in [9.17, 15) is 10.1 Å². The van der Waals surface area contributed by atoms with E-state index in [0.29, 0.717) is 27.6 Å². The second-order valence-corrected chi connectivity index (χ2v) is 11.3. The van der Waals surface area contributed by atoms with Crippen molar-refractivity contribution in [2.45, 2.75) is 65.5 Å². The Kier molecular flexibility index (Phi) is 6.57. The number of ether oxygens (including phenoxy) is 1. The van der Waals surface area contributed by atoms with Gasteiger partial charge in [0.1, 0.15) is 11.7 Å². The van der Waals surface area contributed by atoms with Gasteiger partial charge in [-0.15, -0.1) is 0 Å². The van der Waals surface area contributed by atoms with Crippen LogP contribution in [0.25, 0.3) is 0 Å². The van der Waals surface area contributed by atoms with Crippen LogP contribution >= 0.6 is 11.6 Å². The van der Waals surface area contributed by atoms with E-state index in [-0.39, 0.29) is 5.97 Å². The van der Waals surface area contributed by atoms with Crippen LogP contribution in [-0.4, -0.2) is 37.2 Å². The Morgan fingerprint density at radius 2 is 1.79 bits per heavy atom. The topological polar surface area (TPSA) is 56.6 Å². The lowest BCUT2D eigenvalue weighted by atomic mass is 9.76. The van der Waals surface area contributed by atoms with E-state index < -0.39 is 5.60 Å². The van der Waals surface area contributed by atoms with E-state index >= 15 is 0 Å². The molecule has 2 aliphatic heterocycles. The van der Waals surface area contributed by atoms with Crippen molar-refractivity contribution in [2.24, 2.45) is 5.41 Å². The zero-order valence-electron chi connectivity index (χ0n) is 20.8. The SMILES string of the molecule is Cc1c(N2CC3(CCN(c4ccc(C(=O)OC(C)(C)C)cc4)CC3)CC2C)ccc(C#N)c1Cl. The molecular formula is C28H34ClN3O2. The van der Waals surface area contributed by atoms with Gasteiger partial charge in [0.25, 0.3) is 0 Å². The lowest BCUT2D eigenvalue weighted by Crippen LogP contribution is -2.41. The van der Waals surface area contributed by atoms with Crippen molar-refractivity contribution in [3.05, 3.63) is 58.1 Å². The predicted octanol–water partition coefficient (Wildman–Crippen LogP) is 6.36. The number of esters is 1. The Bertz CT molecular complexity index is 1110. The summed E-state index contributed by atoms with van der Waals surface area (Å²) in [5.74, 6) is -0.283. The number of carbonyl (C=O) groups excluding carboxylic acids is 1. The molecule has 5 nitrogen and oxygen atoms in total. The summed E-state index contributed by atoms with van der Waals surface area (Å²) in [6, 6.07) is 14.3. The molecule has 1 atom stereocenters. The van der Waals surface area contributed by atoms with Crippen molar-refractivity contribution >= 4 is 28.9 Å². The summed E-state index contributed by atoms with van der Waals surface area (Å²) in [5, 5.41) is 9.85. The molecule has 0 aliphatic carbocycles. The van der Waals surface area contributed by atoms with E-state index in [4.69, 9.17) is 16.3 Å². The summed E-state index contributed by atoms with van der Waals surface area (Å²) in [5.41, 5.74) is 4.21. The van der Waals surface area contributed by atoms with Crippen molar-refractivity contribution in [3.63, 3.8) is 0 Å². The number of piperidine rings is 1. The number of anilines is 2. The summed E-state index contributed by atoms with van der Waals surface area (Å²) in [6.07, 6.45) is 3.42. The minimum Gasteiger partial charge on any atom is -0.456 e. The highest BCUT2D eigenvalue weighted by Gasteiger charge is 2.44. The Morgan fingerprint density at radius 3 is 2.38 bits per heavy atom. The molecule has 0 amide bonds. The molecular weight excluding hydrogens is 446 g/mol. The Balaban J connectivity index is 1.41. The van der Waals surface area contributed by atoms with Crippen molar-refractivity contribution in [1.82, 2.24) is 0 Å². The summed E-state index contributed by atoms with van der Waals surface area (Å²) in [6.45, 7) is 13.0. The number of rotatable bonds is 3. The van der Waals surface area contributed by atoms with Gasteiger partial charge in [-0.1, -0.05) is 11.6 Å². The summed E-state index contributed by atoms with van der Waals surface area (Å²) >= 11 is 6.47. The molecule has 2 saturated heterocycles. The summed E-state index contributed by atoms with van der Waals surface area (Å²) < 4.78 is 5.48. The standard InChI is InChI=1S/C28H34ClN3O2/c1-19-16-28(18-32(19)24-11-8-22(17-30)25(29)20(24)2)12-14-31(15-13-28)23-9-6-21(7-10-23)26(33)34-27(3,4)5/h6-11,19H,12-16,18H2,1-5H3. The van der Waals surface area contributed by atoms with Crippen LogP contribution in [0.1, 0.15) is 68.4 Å². The highest BCUT2D eigenvalue weighted by molar-refractivity contribution is 6.32. The number of hydrogen-bond acceptors (Lipinski definition) is 5. The maximum absolute atomic E-state index is 12.3. The molecule has 0 radical (unpaired) electrons. The maximum Gasteiger partial charge on any atom is 0.338 e. The van der Waals surface area contributed by atoms with Gasteiger partial charge in [0.05, 0.1) is 16.1 Å². The molecule has 34 heavy (non-hydrogen) atoms. The van der Waals surface area contributed by atoms with Crippen molar-refractivity contribution in [1.29, 1.82) is 5.26 Å². The van der Waals surface area contributed by atoms with Gasteiger partial charge in [-0.25, -0.2) is 4.79 Å². The van der Waals surface area contributed by atoms with Crippen LogP contribution < -0.4 is 9.80 Å². The minimum absolute atomic E-state index is 0.283. The summed E-state index contributed by atoms with van der Waals surface area (Å²) in [7, 11) is 0. The molecule has 2 fully saturated rings. The van der Waals surface area contributed by atoms with Gasteiger partial charge in [0, 0.05) is 37.1 Å². The van der Waals surface area contributed by atoms with Gasteiger partial charge in [-0.2, -0.15) is 5.26 Å². The number of hydrogen-bond donors (Lipinski definition) is 0. The largest absolute Gasteiger partial charge is 0.456 e. The third kappa shape index (κ3) is 4.88. The lowest BCUT2D eigenvalue weighted by molar-refractivity contribution is 0.00695. The third-order valence-corrected chi connectivity index (χ3v) is 7.73. The van der Waals surface area contributed by atoms with Gasteiger partial charge >= 0.3 is 5.97 Å². The van der Waals surface area contributed by atoms with Crippen LogP contribution in [0, 0.1) is 23.7 Å². The second kappa shape index (κ2) is 9.15. The highest BCUT2D eigenvalue weighted by atomic mass is 35.5. The maximum atomic E-state index is 12.3. The smallest absolute Gasteiger partial charge is 0.338 e. The third-order valence-electron chi connectivity index (χ3n) is 7.25. The van der Waals surface area contributed by atoms with E-state index in [1.807, 2.05) is 58.0 Å². The normalized spacial score (nSPS) is 19.9. The molecule has 4 rings (SSSR count). The van der Waals surface area contributed by atoms with Crippen LogP contribution in [0.4, 0.5) is 11.4 Å². The highest BCUT2D eigenvalue weighted by Crippen LogP contribution is 2.46. The van der Waals surface area contributed by atoms with Crippen molar-refractivity contribution in [2.75, 3.05) is 29.4 Å². The minimum atomic E-state index is -0.495. The molecule has 180 valence electrons. The van der Waals surface area contributed by atoms with Gasteiger partial charge in [-0.05, 0) is 101 Å². The van der Waals surface area contributed by atoms with Crippen molar-refractivity contribution in [3.8, 4) is 6.07 Å². The first-order chi connectivity index (χ1) is 16.0. The Labute approximate surface area is 208 Å². The number of benzene rings is 2. The molecule has 0 N–H and O–H groups in total. The average molecular weight is 480 g/mol. The molecule has 2 aromatic rings. The molecule has 6 heteroatoms. The zero-order valence-corrected chi connectivity index (χ0v) is 21.6. The van der Waals surface area contributed by atoms with E-state index in [1.54, 1.807) is 0 Å². The van der Waals surface area contributed by atoms with Crippen LogP contribution in [0.5, 0.6) is 0 Å². The number of carbonyl (C=O) groups is 1. The zero-order chi connectivity index (χ0) is 24.7. The Morgan fingerprint density at radius 1 is 1.15 bits per heavy atom. The first kappa shape index (κ1) is 24.4. The fourth-order valence-corrected chi connectivity index (χ4v) is 5.66. The molecule has 2 aliphatic rings. The molecule has 0 saturated carbocycles. The van der Waals surface area contributed by atoms with Crippen LogP contribution in [-0.2, 0) is 4.74 Å². The van der Waals surface area contributed by atoms with Gasteiger partial charge in [0.2, 0.25) is 0 Å². The van der Waals surface area contributed by atoms with Gasteiger partial charge in [-0.3, -0.25) is 0 Å². The molecule has 0 bridgehead atoms. The fraction of sp³-hybridized carbons (Fsp3) is 0.500. The lowest BCUT2D eigenvalue weighted by Gasteiger charge is -2.40. The first-order valence-electron chi connectivity index (χ1n) is 12.1. The fourth-order valence-electron chi connectivity index (χ4n) is 5.46. The monoisotopic (exact) mass is 479 g/mol. The average Bonchev–Trinajstić information content (AvgIpc) is 3.10. The first-order valence-corrected chi connectivity index (χ1v) is 12.4. The molecule has 1 spiro atoms. The van der Waals surface area contributed by atoms with Crippen LogP contribution in [0.2, 0.25) is 5.02 Å². The molecule has 2 heterocycles. The summed E-state index contributed by atoms with van der Waals surface area (Å²) in [4.78, 5) is 17.2. The quantitative estimate of drug-likeness (QED) is 0.479. The van der Waals surface area contributed by atoms with E-state index in [1.165, 1.54) is 0 Å². The molecule has 2 aromatic carbocycles. The predicted molar refractivity (Wildman–Crippen MR) is 138 cm³/mol. The number of nitrogens with zero attached hydrogens (tertiary/aromatic N) is 3. The second-order valence-electron chi connectivity index (χ2n) is 10.9. The molecule has 1 unspecified atom stereocenters. The molecule has 0 aromatic heterocycles. The van der Waals surface area contributed by atoms with Crippen LogP contribution in [0.3, 0.4) is 0 Å². The van der Waals surface area contributed by atoms with Gasteiger partial charge < -0.3 is 14.5 Å². The van der Waals surface area contributed by atoms with E-state index in [2.05, 4.69) is 28.9 Å². The van der Waals surface area contributed by atoms with Gasteiger partial charge in [0.15, 0.2) is 0 Å². The number of halogens is 1. The Hall–Kier alpha value is -2.71. The number of nitriles is 1. The van der Waals surface area contributed by atoms with E-state index in [0.717, 1.165) is 55.8 Å².